The maximum absolute atomic E-state index is 12.5. The predicted molar refractivity (Wildman–Crippen MR) is 112 cm³/mol. The first kappa shape index (κ1) is 18.5. The highest BCUT2D eigenvalue weighted by atomic mass is 16.2. The van der Waals surface area contributed by atoms with Gasteiger partial charge in [0.15, 0.2) is 0 Å². The van der Waals surface area contributed by atoms with E-state index in [1.807, 2.05) is 4.90 Å². The summed E-state index contributed by atoms with van der Waals surface area (Å²) in [5.41, 5.74) is 6.77. The number of hydrogen-bond donors (Lipinski definition) is 2. The number of aromatic nitrogens is 3. The largest absolute Gasteiger partial charge is 0.368 e. The summed E-state index contributed by atoms with van der Waals surface area (Å²) in [7, 11) is 0. The fourth-order valence-electron chi connectivity index (χ4n) is 3.97. The Kier molecular flexibility index (Phi) is 5.03. The SMILES string of the molecule is Cc1ccc2c(CCNc3cncc(C(=O)N4CCCC4)n3)c(C)[nH]c2c1C. The van der Waals surface area contributed by atoms with Crippen molar-refractivity contribution < 1.29 is 4.79 Å². The van der Waals surface area contributed by atoms with Crippen LogP contribution in [0.1, 0.15) is 45.7 Å². The normalized spacial score (nSPS) is 14.0. The van der Waals surface area contributed by atoms with Crippen molar-refractivity contribution in [1.29, 1.82) is 0 Å². The smallest absolute Gasteiger partial charge is 0.274 e. The molecule has 6 nitrogen and oxygen atoms in total. The van der Waals surface area contributed by atoms with Crippen LogP contribution in [0.3, 0.4) is 0 Å². The minimum atomic E-state index is -0.0213. The third-order valence-corrected chi connectivity index (χ3v) is 5.75. The highest BCUT2D eigenvalue weighted by Gasteiger charge is 2.21. The van der Waals surface area contributed by atoms with Crippen LogP contribution in [0.5, 0.6) is 0 Å². The van der Waals surface area contributed by atoms with Crippen LogP contribution in [-0.2, 0) is 6.42 Å². The number of rotatable bonds is 5. The van der Waals surface area contributed by atoms with Gasteiger partial charge in [0.05, 0.1) is 12.4 Å². The number of carbonyl (C=O) groups is 1. The van der Waals surface area contributed by atoms with Crippen molar-refractivity contribution in [3.05, 3.63) is 52.6 Å². The Balaban J connectivity index is 1.45. The van der Waals surface area contributed by atoms with Crippen molar-refractivity contribution in [2.75, 3.05) is 25.0 Å². The number of aromatic amines is 1. The van der Waals surface area contributed by atoms with Crippen LogP contribution in [0.25, 0.3) is 10.9 Å². The number of hydrogen-bond acceptors (Lipinski definition) is 4. The molecule has 1 aromatic carbocycles. The van der Waals surface area contributed by atoms with Gasteiger partial charge in [-0.25, -0.2) is 4.98 Å². The highest BCUT2D eigenvalue weighted by molar-refractivity contribution is 5.92. The van der Waals surface area contributed by atoms with E-state index in [1.54, 1.807) is 12.4 Å². The molecule has 0 radical (unpaired) electrons. The molecule has 0 spiro atoms. The molecule has 28 heavy (non-hydrogen) atoms. The van der Waals surface area contributed by atoms with Gasteiger partial charge in [-0.05, 0) is 56.7 Å². The van der Waals surface area contributed by atoms with Gasteiger partial charge in [0.2, 0.25) is 0 Å². The summed E-state index contributed by atoms with van der Waals surface area (Å²) in [6.07, 6.45) is 6.25. The minimum Gasteiger partial charge on any atom is -0.368 e. The lowest BCUT2D eigenvalue weighted by molar-refractivity contribution is 0.0786. The Morgan fingerprint density at radius 3 is 2.75 bits per heavy atom. The Labute approximate surface area is 165 Å². The molecule has 1 aliphatic rings. The van der Waals surface area contributed by atoms with Crippen molar-refractivity contribution in [1.82, 2.24) is 19.9 Å². The molecule has 6 heteroatoms. The van der Waals surface area contributed by atoms with E-state index < -0.39 is 0 Å². The van der Waals surface area contributed by atoms with Crippen LogP contribution in [0.4, 0.5) is 5.82 Å². The van der Waals surface area contributed by atoms with Crippen LogP contribution in [-0.4, -0.2) is 45.4 Å². The lowest BCUT2D eigenvalue weighted by Gasteiger charge is -2.14. The van der Waals surface area contributed by atoms with Gasteiger partial charge in [0, 0.05) is 36.2 Å². The molecule has 1 saturated heterocycles. The molecule has 2 aromatic heterocycles. The molecular formula is C22H27N5O. The third-order valence-electron chi connectivity index (χ3n) is 5.75. The zero-order chi connectivity index (χ0) is 19.7. The molecule has 4 rings (SSSR count). The number of H-pyrrole nitrogens is 1. The zero-order valence-electron chi connectivity index (χ0n) is 16.8. The number of benzene rings is 1. The van der Waals surface area contributed by atoms with Crippen LogP contribution < -0.4 is 5.32 Å². The third kappa shape index (κ3) is 3.46. The van der Waals surface area contributed by atoms with Crippen LogP contribution in [0.15, 0.2) is 24.5 Å². The van der Waals surface area contributed by atoms with Gasteiger partial charge in [-0.15, -0.1) is 0 Å². The predicted octanol–water partition coefficient (Wildman–Crippen LogP) is 3.77. The van der Waals surface area contributed by atoms with Crippen molar-refractivity contribution in [3.8, 4) is 0 Å². The van der Waals surface area contributed by atoms with Gasteiger partial charge in [0.1, 0.15) is 11.5 Å². The zero-order valence-corrected chi connectivity index (χ0v) is 16.8. The first-order valence-electron chi connectivity index (χ1n) is 9.97. The second kappa shape index (κ2) is 7.62. The quantitative estimate of drug-likeness (QED) is 0.710. The maximum atomic E-state index is 12.5. The van der Waals surface area contributed by atoms with E-state index in [4.69, 9.17) is 0 Å². The average Bonchev–Trinajstić information content (AvgIpc) is 3.34. The van der Waals surface area contributed by atoms with Gasteiger partial charge in [-0.1, -0.05) is 12.1 Å². The number of anilines is 1. The number of nitrogens with zero attached hydrogens (tertiary/aromatic N) is 3. The molecule has 1 fully saturated rings. The van der Waals surface area contributed by atoms with Crippen molar-refractivity contribution >= 4 is 22.6 Å². The Morgan fingerprint density at radius 1 is 1.18 bits per heavy atom. The summed E-state index contributed by atoms with van der Waals surface area (Å²) in [6.45, 7) is 8.79. The van der Waals surface area contributed by atoms with Gasteiger partial charge < -0.3 is 15.2 Å². The first-order chi connectivity index (χ1) is 13.5. The number of fused-ring (bicyclic) bond motifs is 1. The molecule has 0 saturated carbocycles. The number of nitrogens with one attached hydrogen (secondary N) is 2. The Hall–Kier alpha value is -2.89. The summed E-state index contributed by atoms with van der Waals surface area (Å²) in [5.74, 6) is 0.626. The summed E-state index contributed by atoms with van der Waals surface area (Å²) in [6, 6.07) is 4.38. The molecule has 0 atom stereocenters. The first-order valence-corrected chi connectivity index (χ1v) is 9.97. The van der Waals surface area contributed by atoms with E-state index in [0.717, 1.165) is 38.9 Å². The molecule has 2 N–H and O–H groups in total. The molecule has 1 amide bonds. The fraction of sp³-hybridized carbons (Fsp3) is 0.409. The summed E-state index contributed by atoms with van der Waals surface area (Å²) < 4.78 is 0. The molecule has 3 aromatic rings. The van der Waals surface area contributed by atoms with Crippen LogP contribution >= 0.6 is 0 Å². The second-order valence-electron chi connectivity index (χ2n) is 7.62. The molecule has 0 bridgehead atoms. The standard InChI is InChI=1S/C22H27N5O/c1-14-6-7-18-17(16(3)25-21(18)15(14)2)8-9-24-20-13-23-12-19(26-20)22(28)27-10-4-5-11-27/h6-7,12-13,25H,4-5,8-11H2,1-3H3,(H,24,26). The molecule has 0 aliphatic carbocycles. The van der Waals surface area contributed by atoms with E-state index in [0.29, 0.717) is 11.5 Å². The van der Waals surface area contributed by atoms with E-state index in [1.165, 1.54) is 33.3 Å². The molecular weight excluding hydrogens is 350 g/mol. The molecule has 146 valence electrons. The van der Waals surface area contributed by atoms with Gasteiger partial charge >= 0.3 is 0 Å². The number of carbonyl (C=O) groups excluding carboxylic acids is 1. The highest BCUT2D eigenvalue weighted by Crippen LogP contribution is 2.27. The maximum Gasteiger partial charge on any atom is 0.274 e. The molecule has 1 aliphatic heterocycles. The Morgan fingerprint density at radius 2 is 1.96 bits per heavy atom. The van der Waals surface area contributed by atoms with Crippen molar-refractivity contribution in [3.63, 3.8) is 0 Å². The summed E-state index contributed by atoms with van der Waals surface area (Å²) in [5, 5.41) is 4.61. The van der Waals surface area contributed by atoms with E-state index >= 15 is 0 Å². The number of likely N-dealkylation sites (tertiary alicyclic amines) is 1. The number of aryl methyl sites for hydroxylation is 3. The Bertz CT molecular complexity index is 1020. The lowest BCUT2D eigenvalue weighted by atomic mass is 10.0. The van der Waals surface area contributed by atoms with E-state index in [-0.39, 0.29) is 5.91 Å². The second-order valence-corrected chi connectivity index (χ2v) is 7.62. The average molecular weight is 377 g/mol. The summed E-state index contributed by atoms with van der Waals surface area (Å²) in [4.78, 5) is 26.6. The minimum absolute atomic E-state index is 0.0213. The topological polar surface area (TPSA) is 73.9 Å². The van der Waals surface area contributed by atoms with Gasteiger partial charge in [-0.3, -0.25) is 9.78 Å². The fourth-order valence-corrected chi connectivity index (χ4v) is 3.97. The lowest BCUT2D eigenvalue weighted by Crippen LogP contribution is -2.28. The molecule has 3 heterocycles. The van der Waals surface area contributed by atoms with Crippen molar-refractivity contribution in [2.24, 2.45) is 0 Å². The number of amides is 1. The molecule has 0 unspecified atom stereocenters. The summed E-state index contributed by atoms with van der Waals surface area (Å²) >= 11 is 0. The van der Waals surface area contributed by atoms with Crippen molar-refractivity contribution in [2.45, 2.75) is 40.0 Å². The van der Waals surface area contributed by atoms with Gasteiger partial charge in [-0.2, -0.15) is 0 Å². The monoisotopic (exact) mass is 377 g/mol. The van der Waals surface area contributed by atoms with Gasteiger partial charge in [0.25, 0.3) is 5.91 Å². The van der Waals surface area contributed by atoms with Crippen LogP contribution in [0.2, 0.25) is 0 Å². The van der Waals surface area contributed by atoms with Crippen LogP contribution in [0, 0.1) is 20.8 Å². The van der Waals surface area contributed by atoms with E-state index in [9.17, 15) is 4.79 Å². The van der Waals surface area contributed by atoms with E-state index in [2.05, 4.69) is 53.2 Å².